The molecule has 0 saturated heterocycles. The van der Waals surface area contributed by atoms with Gasteiger partial charge in [-0.05, 0) is 139 Å². The molecule has 0 fully saturated rings. The van der Waals surface area contributed by atoms with Gasteiger partial charge in [-0.25, -0.2) is 0 Å². The molecule has 2 N–H and O–H groups in total. The summed E-state index contributed by atoms with van der Waals surface area (Å²) in [5, 5.41) is 22.0. The van der Waals surface area contributed by atoms with Crippen molar-refractivity contribution in [1.29, 1.82) is 5.41 Å². The Morgan fingerprint density at radius 1 is 0.548 bits per heavy atom. The molecule has 1 aromatic heterocycles. The summed E-state index contributed by atoms with van der Waals surface area (Å²) in [5.41, 5.74) is 18.2. The van der Waals surface area contributed by atoms with Crippen LogP contribution in [0.4, 0.5) is 28.4 Å². The van der Waals surface area contributed by atoms with Crippen molar-refractivity contribution in [3.05, 3.63) is 218 Å². The second kappa shape index (κ2) is 17.2. The summed E-state index contributed by atoms with van der Waals surface area (Å²) in [7, 11) is 0. The lowest BCUT2D eigenvalue weighted by molar-refractivity contribution is 0.761. The maximum Gasteiger partial charge on any atom is 0.113 e. The van der Waals surface area contributed by atoms with Crippen LogP contribution < -0.4 is 15.2 Å². The molecule has 8 aromatic rings. The molecular formula is C54H44N8. The van der Waals surface area contributed by atoms with Gasteiger partial charge in [-0.15, -0.1) is 10.2 Å². The third-order valence-electron chi connectivity index (χ3n) is 11.4. The molecular weight excluding hydrogens is 761 g/mol. The molecule has 1 atom stereocenters. The number of hydrazone groups is 1. The minimum atomic E-state index is 0.134. The molecule has 2 aliphatic carbocycles. The van der Waals surface area contributed by atoms with Gasteiger partial charge in [0.05, 0.1) is 28.8 Å². The van der Waals surface area contributed by atoms with Crippen LogP contribution in [-0.4, -0.2) is 32.5 Å². The normalized spacial score (nSPS) is 15.4. The lowest BCUT2D eigenvalue weighted by Gasteiger charge is -2.33. The van der Waals surface area contributed by atoms with Crippen molar-refractivity contribution in [2.75, 3.05) is 9.80 Å². The van der Waals surface area contributed by atoms with Gasteiger partial charge in [-0.1, -0.05) is 115 Å². The van der Waals surface area contributed by atoms with Crippen molar-refractivity contribution in [3.63, 3.8) is 0 Å². The van der Waals surface area contributed by atoms with Crippen LogP contribution in [0.15, 0.2) is 223 Å². The van der Waals surface area contributed by atoms with Gasteiger partial charge in [0.15, 0.2) is 0 Å². The molecule has 1 heterocycles. The Kier molecular flexibility index (Phi) is 10.6. The number of nitrogens with one attached hydrogen (secondary N) is 2. The van der Waals surface area contributed by atoms with Crippen LogP contribution in [0.1, 0.15) is 19.3 Å². The molecule has 0 amide bonds. The molecule has 7 aromatic carbocycles. The second-order valence-electron chi connectivity index (χ2n) is 15.4. The number of allylic oxidation sites excluding steroid dienone is 3. The van der Waals surface area contributed by atoms with E-state index in [1.54, 1.807) is 4.80 Å². The highest BCUT2D eigenvalue weighted by molar-refractivity contribution is 6.45. The molecule has 0 bridgehead atoms. The number of nitrogens with zero attached hydrogens (tertiary/aromatic N) is 6. The maximum absolute atomic E-state index is 8.15. The zero-order chi connectivity index (χ0) is 41.7. The van der Waals surface area contributed by atoms with Crippen molar-refractivity contribution in [1.82, 2.24) is 20.4 Å². The third kappa shape index (κ3) is 8.09. The van der Waals surface area contributed by atoms with Crippen LogP contribution in [0.25, 0.3) is 39.0 Å². The molecule has 0 radical (unpaired) electrons. The zero-order valence-electron chi connectivity index (χ0n) is 34.1. The largest absolute Gasteiger partial charge is 0.334 e. The average molecular weight is 805 g/mol. The molecule has 0 saturated carbocycles. The first-order valence-corrected chi connectivity index (χ1v) is 21.0. The highest BCUT2D eigenvalue weighted by Crippen LogP contribution is 2.37. The summed E-state index contributed by atoms with van der Waals surface area (Å²) < 4.78 is 0. The molecule has 2 aliphatic rings. The lowest BCUT2D eigenvalue weighted by Crippen LogP contribution is -2.31. The van der Waals surface area contributed by atoms with Crippen molar-refractivity contribution in [2.45, 2.75) is 25.3 Å². The minimum Gasteiger partial charge on any atom is -0.334 e. The van der Waals surface area contributed by atoms with E-state index >= 15 is 0 Å². The number of hydrogen-bond acceptors (Lipinski definition) is 7. The van der Waals surface area contributed by atoms with E-state index in [9.17, 15) is 0 Å². The van der Waals surface area contributed by atoms with Gasteiger partial charge in [-0.3, -0.25) is 10.8 Å². The Morgan fingerprint density at radius 2 is 1.03 bits per heavy atom. The Labute approximate surface area is 361 Å². The molecule has 8 nitrogen and oxygen atoms in total. The Hall–Kier alpha value is -8.10. The number of hydrogen-bond donors (Lipinski definition) is 2. The van der Waals surface area contributed by atoms with E-state index in [-0.39, 0.29) is 6.04 Å². The number of benzene rings is 7. The highest BCUT2D eigenvalue weighted by Gasteiger charge is 2.21. The fourth-order valence-corrected chi connectivity index (χ4v) is 8.11. The smallest absolute Gasteiger partial charge is 0.113 e. The summed E-state index contributed by atoms with van der Waals surface area (Å²) in [6.07, 6.45) is 12.9. The fraction of sp³-hybridized carbons (Fsp3) is 0.0741. The van der Waals surface area contributed by atoms with E-state index in [4.69, 9.17) is 5.41 Å². The molecule has 10 rings (SSSR count). The average Bonchev–Trinajstić information content (AvgIpc) is 3.78. The Morgan fingerprint density at radius 3 is 1.58 bits per heavy atom. The highest BCUT2D eigenvalue weighted by atomic mass is 15.5. The number of anilines is 5. The van der Waals surface area contributed by atoms with Gasteiger partial charge in [0.1, 0.15) is 11.0 Å². The van der Waals surface area contributed by atoms with Gasteiger partial charge in [-0.2, -0.15) is 9.90 Å². The first kappa shape index (κ1) is 38.1. The first-order valence-electron chi connectivity index (χ1n) is 21.0. The second-order valence-corrected chi connectivity index (χ2v) is 15.4. The molecule has 300 valence electrons. The standard InChI is InChI=1S/C54H44N8/c55-51-15-7-8-16-52(51)57-56-43-27-33-48(34-28-43)60(44-11-3-1-4-12-44)46-29-23-41(24-30-46)39-19-21-40(22-20-39)42-25-31-47(32-26-42)61(45-13-5-2-6-14-45)49-35-37-50(38-36-49)62-58-53-17-9-10-18-54(53)59-62/h1-7,9-15,17-33,35-38,48,55-56H,8,16,34H2/b55-51?,57-52-. The van der Waals surface area contributed by atoms with E-state index < -0.39 is 0 Å². The van der Waals surface area contributed by atoms with Crippen LogP contribution in [0.5, 0.6) is 0 Å². The molecule has 8 heteroatoms. The quantitative estimate of drug-likeness (QED) is 0.127. The Bertz CT molecular complexity index is 2910. The SMILES string of the molecule is N=C1C=CCC/C1=N/NC1=CCC(N(c2ccccc2)c2ccc(-c3ccc(-c4ccc(N(c5ccccc5)c5ccc(-n6nc7ccccc7n6)cc5)cc4)cc3)cc2)C=C1. The van der Waals surface area contributed by atoms with E-state index in [1.165, 1.54) is 5.56 Å². The van der Waals surface area contributed by atoms with Crippen molar-refractivity contribution in [2.24, 2.45) is 5.10 Å². The van der Waals surface area contributed by atoms with Gasteiger partial charge in [0.25, 0.3) is 0 Å². The maximum atomic E-state index is 8.15. The summed E-state index contributed by atoms with van der Waals surface area (Å²) in [5.74, 6) is 0. The first-order chi connectivity index (χ1) is 30.6. The van der Waals surface area contributed by atoms with Gasteiger partial charge < -0.3 is 9.80 Å². The van der Waals surface area contributed by atoms with Crippen LogP contribution in [0.2, 0.25) is 0 Å². The summed E-state index contributed by atoms with van der Waals surface area (Å²) in [4.78, 5) is 6.35. The molecule has 0 aliphatic heterocycles. The number of aromatic nitrogens is 3. The summed E-state index contributed by atoms with van der Waals surface area (Å²) in [6, 6.07) is 63.9. The summed E-state index contributed by atoms with van der Waals surface area (Å²) >= 11 is 0. The van der Waals surface area contributed by atoms with Crippen LogP contribution in [0, 0.1) is 5.41 Å². The topological polar surface area (TPSA) is 85.4 Å². The van der Waals surface area contributed by atoms with Gasteiger partial charge in [0.2, 0.25) is 0 Å². The van der Waals surface area contributed by atoms with Gasteiger partial charge in [0, 0.05) is 28.4 Å². The third-order valence-corrected chi connectivity index (χ3v) is 11.4. The van der Waals surface area contributed by atoms with Crippen molar-refractivity contribution in [3.8, 4) is 27.9 Å². The predicted molar refractivity (Wildman–Crippen MR) is 255 cm³/mol. The van der Waals surface area contributed by atoms with Gasteiger partial charge >= 0.3 is 0 Å². The molecule has 0 spiro atoms. The van der Waals surface area contributed by atoms with Crippen molar-refractivity contribution >= 4 is 50.9 Å². The van der Waals surface area contributed by atoms with Crippen LogP contribution in [0.3, 0.4) is 0 Å². The molecule has 62 heavy (non-hydrogen) atoms. The molecule has 1 unspecified atom stereocenters. The van der Waals surface area contributed by atoms with Crippen LogP contribution in [-0.2, 0) is 0 Å². The Balaban J connectivity index is 0.845. The lowest BCUT2D eigenvalue weighted by atomic mass is 9.99. The number of fused-ring (bicyclic) bond motifs is 1. The number of para-hydroxylation sites is 2. The van der Waals surface area contributed by atoms with E-state index in [2.05, 4.69) is 200 Å². The van der Waals surface area contributed by atoms with Crippen molar-refractivity contribution < 1.29 is 0 Å². The minimum absolute atomic E-state index is 0.134. The fourth-order valence-electron chi connectivity index (χ4n) is 8.11. The summed E-state index contributed by atoms with van der Waals surface area (Å²) in [6.45, 7) is 0. The monoisotopic (exact) mass is 804 g/mol. The van der Waals surface area contributed by atoms with Crippen LogP contribution >= 0.6 is 0 Å². The van der Waals surface area contributed by atoms with E-state index in [0.717, 1.165) is 92.5 Å². The van der Waals surface area contributed by atoms with E-state index in [0.29, 0.717) is 5.71 Å². The zero-order valence-corrected chi connectivity index (χ0v) is 34.1. The number of rotatable bonds is 11. The predicted octanol–water partition coefficient (Wildman–Crippen LogP) is 12.9. The van der Waals surface area contributed by atoms with E-state index in [1.807, 2.05) is 42.5 Å².